The first-order valence-electron chi connectivity index (χ1n) is 7.51. The summed E-state index contributed by atoms with van der Waals surface area (Å²) in [4.78, 5) is 18.9. The van der Waals surface area contributed by atoms with E-state index in [0.717, 1.165) is 31.6 Å². The normalized spacial score (nSPS) is 21.5. The van der Waals surface area contributed by atoms with Crippen molar-refractivity contribution in [2.75, 3.05) is 13.1 Å². The molecule has 0 aliphatic carbocycles. The van der Waals surface area contributed by atoms with Gasteiger partial charge in [-0.3, -0.25) is 14.1 Å². The molecule has 5 heteroatoms. The number of likely N-dealkylation sites (tertiary alicyclic amines) is 1. The van der Waals surface area contributed by atoms with Gasteiger partial charge in [0.25, 0.3) is 5.56 Å². The first kappa shape index (κ1) is 14.2. The number of rotatable bonds is 3. The van der Waals surface area contributed by atoms with Crippen LogP contribution in [0.3, 0.4) is 0 Å². The Bertz CT molecular complexity index is 681. The van der Waals surface area contributed by atoms with Gasteiger partial charge in [0.05, 0.1) is 11.8 Å². The van der Waals surface area contributed by atoms with Crippen LogP contribution in [0.2, 0.25) is 0 Å². The van der Waals surface area contributed by atoms with Crippen LogP contribution < -0.4 is 5.56 Å². The highest BCUT2D eigenvalue weighted by molar-refractivity contribution is 5.37. The minimum atomic E-state index is -0.275. The third-order valence-electron chi connectivity index (χ3n) is 4.23. The largest absolute Gasteiger partial charge is 0.393 e. The molecule has 2 unspecified atom stereocenters. The summed E-state index contributed by atoms with van der Waals surface area (Å²) in [5.74, 6) is 0.320. The van der Waals surface area contributed by atoms with Crippen molar-refractivity contribution >= 4 is 5.65 Å². The van der Waals surface area contributed by atoms with Crippen LogP contribution >= 0.6 is 0 Å². The van der Waals surface area contributed by atoms with E-state index in [4.69, 9.17) is 0 Å². The summed E-state index contributed by atoms with van der Waals surface area (Å²) in [6, 6.07) is 7.17. The third-order valence-corrected chi connectivity index (χ3v) is 4.23. The van der Waals surface area contributed by atoms with Gasteiger partial charge >= 0.3 is 0 Å². The van der Waals surface area contributed by atoms with Crippen molar-refractivity contribution in [2.45, 2.75) is 32.4 Å². The van der Waals surface area contributed by atoms with E-state index in [1.165, 1.54) is 0 Å². The van der Waals surface area contributed by atoms with Crippen LogP contribution in [0, 0.1) is 5.92 Å². The maximum absolute atomic E-state index is 12.1. The van der Waals surface area contributed by atoms with Gasteiger partial charge in [-0.25, -0.2) is 4.98 Å². The van der Waals surface area contributed by atoms with E-state index < -0.39 is 0 Å². The van der Waals surface area contributed by atoms with Gasteiger partial charge in [0.15, 0.2) is 0 Å². The van der Waals surface area contributed by atoms with Gasteiger partial charge in [0.1, 0.15) is 5.65 Å². The average molecular weight is 287 g/mol. The number of aliphatic hydroxyl groups excluding tert-OH is 1. The minimum absolute atomic E-state index is 0.0420. The number of pyridine rings is 1. The van der Waals surface area contributed by atoms with Gasteiger partial charge in [0, 0.05) is 25.4 Å². The van der Waals surface area contributed by atoms with Crippen LogP contribution in [-0.4, -0.2) is 38.6 Å². The second-order valence-electron chi connectivity index (χ2n) is 5.89. The van der Waals surface area contributed by atoms with E-state index in [1.807, 2.05) is 25.1 Å². The maximum atomic E-state index is 12.1. The Morgan fingerprint density at radius 2 is 2.33 bits per heavy atom. The van der Waals surface area contributed by atoms with Crippen molar-refractivity contribution in [1.29, 1.82) is 0 Å². The van der Waals surface area contributed by atoms with Gasteiger partial charge < -0.3 is 5.11 Å². The summed E-state index contributed by atoms with van der Waals surface area (Å²) in [5, 5.41) is 9.75. The fourth-order valence-electron chi connectivity index (χ4n) is 3.04. The monoisotopic (exact) mass is 287 g/mol. The molecule has 1 saturated heterocycles. The third kappa shape index (κ3) is 3.14. The summed E-state index contributed by atoms with van der Waals surface area (Å²) in [7, 11) is 0. The van der Waals surface area contributed by atoms with Crippen molar-refractivity contribution in [2.24, 2.45) is 5.92 Å². The topological polar surface area (TPSA) is 57.8 Å². The minimum Gasteiger partial charge on any atom is -0.393 e. The van der Waals surface area contributed by atoms with E-state index in [0.29, 0.717) is 18.1 Å². The van der Waals surface area contributed by atoms with E-state index in [9.17, 15) is 9.90 Å². The Morgan fingerprint density at radius 3 is 3.14 bits per heavy atom. The average Bonchev–Trinajstić information content (AvgIpc) is 2.47. The lowest BCUT2D eigenvalue weighted by atomic mass is 9.93. The molecular formula is C16H21N3O2. The lowest BCUT2D eigenvalue weighted by molar-refractivity contribution is 0.0594. The van der Waals surface area contributed by atoms with Crippen LogP contribution in [0.15, 0.2) is 35.3 Å². The second-order valence-corrected chi connectivity index (χ2v) is 5.89. The predicted octanol–water partition coefficient (Wildman–Crippen LogP) is 1.29. The molecule has 112 valence electrons. The van der Waals surface area contributed by atoms with Gasteiger partial charge in [-0.2, -0.15) is 0 Å². The zero-order chi connectivity index (χ0) is 14.8. The molecule has 3 heterocycles. The van der Waals surface area contributed by atoms with Crippen LogP contribution in [0.5, 0.6) is 0 Å². The quantitative estimate of drug-likeness (QED) is 0.924. The molecular weight excluding hydrogens is 266 g/mol. The first-order chi connectivity index (χ1) is 10.1. The van der Waals surface area contributed by atoms with Crippen LogP contribution in [0.25, 0.3) is 5.65 Å². The van der Waals surface area contributed by atoms with Crippen molar-refractivity contribution in [3.8, 4) is 0 Å². The number of fused-ring (bicyclic) bond motifs is 1. The highest BCUT2D eigenvalue weighted by Gasteiger charge is 2.23. The van der Waals surface area contributed by atoms with Crippen LogP contribution in [-0.2, 0) is 6.54 Å². The number of aromatic nitrogens is 2. The van der Waals surface area contributed by atoms with Gasteiger partial charge in [0.2, 0.25) is 0 Å². The molecule has 0 spiro atoms. The van der Waals surface area contributed by atoms with Crippen molar-refractivity contribution in [3.05, 3.63) is 46.5 Å². The van der Waals surface area contributed by atoms with E-state index in [1.54, 1.807) is 16.7 Å². The fraction of sp³-hybridized carbons (Fsp3) is 0.500. The summed E-state index contributed by atoms with van der Waals surface area (Å²) >= 11 is 0. The van der Waals surface area contributed by atoms with E-state index in [2.05, 4.69) is 9.88 Å². The summed E-state index contributed by atoms with van der Waals surface area (Å²) in [5.41, 5.74) is 1.45. The molecule has 0 aromatic carbocycles. The molecule has 1 N–H and O–H groups in total. The van der Waals surface area contributed by atoms with Crippen molar-refractivity contribution < 1.29 is 5.11 Å². The first-order valence-corrected chi connectivity index (χ1v) is 7.51. The molecule has 1 aliphatic rings. The van der Waals surface area contributed by atoms with Crippen LogP contribution in [0.1, 0.15) is 25.5 Å². The standard InChI is InChI=1S/C16H21N3O2/c1-12(20)13-5-4-7-18(10-13)11-14-9-16(21)19-8-3-2-6-15(19)17-14/h2-3,6,8-9,12-13,20H,4-5,7,10-11H2,1H3. The highest BCUT2D eigenvalue weighted by Crippen LogP contribution is 2.20. The highest BCUT2D eigenvalue weighted by atomic mass is 16.3. The second kappa shape index (κ2) is 5.95. The van der Waals surface area contributed by atoms with Crippen molar-refractivity contribution in [1.82, 2.24) is 14.3 Å². The fourth-order valence-corrected chi connectivity index (χ4v) is 3.04. The molecule has 2 aromatic rings. The number of hydrogen-bond donors (Lipinski definition) is 1. The molecule has 21 heavy (non-hydrogen) atoms. The smallest absolute Gasteiger partial charge is 0.258 e. The molecule has 1 fully saturated rings. The van der Waals surface area contributed by atoms with Gasteiger partial charge in [-0.05, 0) is 44.4 Å². The van der Waals surface area contributed by atoms with Crippen LogP contribution in [0.4, 0.5) is 0 Å². The number of piperidine rings is 1. The molecule has 0 bridgehead atoms. The lowest BCUT2D eigenvalue weighted by Gasteiger charge is -2.33. The zero-order valence-electron chi connectivity index (χ0n) is 12.3. The van der Waals surface area contributed by atoms with E-state index in [-0.39, 0.29) is 11.7 Å². The summed E-state index contributed by atoms with van der Waals surface area (Å²) < 4.78 is 1.55. The summed E-state index contributed by atoms with van der Waals surface area (Å²) in [6.45, 7) is 4.39. The molecule has 2 aromatic heterocycles. The molecule has 0 radical (unpaired) electrons. The summed E-state index contributed by atoms with van der Waals surface area (Å²) in [6.07, 6.45) is 3.62. The molecule has 1 aliphatic heterocycles. The van der Waals surface area contributed by atoms with Gasteiger partial charge in [-0.1, -0.05) is 6.07 Å². The Kier molecular flexibility index (Phi) is 4.03. The molecule has 0 saturated carbocycles. The molecule has 3 rings (SSSR count). The SMILES string of the molecule is CC(O)C1CCCN(Cc2cc(=O)n3ccccc3n2)C1. The Morgan fingerprint density at radius 1 is 1.48 bits per heavy atom. The Balaban J connectivity index is 1.80. The van der Waals surface area contributed by atoms with E-state index >= 15 is 0 Å². The Labute approximate surface area is 123 Å². The van der Waals surface area contributed by atoms with Gasteiger partial charge in [-0.15, -0.1) is 0 Å². The Hall–Kier alpha value is -1.72. The maximum Gasteiger partial charge on any atom is 0.258 e. The predicted molar refractivity (Wildman–Crippen MR) is 81.1 cm³/mol. The lowest BCUT2D eigenvalue weighted by Crippen LogP contribution is -2.39. The van der Waals surface area contributed by atoms with Crippen molar-refractivity contribution in [3.63, 3.8) is 0 Å². The number of hydrogen-bond acceptors (Lipinski definition) is 4. The molecule has 0 amide bonds. The molecule has 2 atom stereocenters. The number of nitrogens with zero attached hydrogens (tertiary/aromatic N) is 3. The molecule has 5 nitrogen and oxygen atoms in total. The number of aliphatic hydroxyl groups is 1. The zero-order valence-corrected chi connectivity index (χ0v) is 12.3.